The minimum Gasteiger partial charge on any atom is -0.726 e. The summed E-state index contributed by atoms with van der Waals surface area (Å²) >= 11 is 0. The quantitative estimate of drug-likeness (QED) is 0.305. The molecular weight excluding hydrogens is 286 g/mol. The van der Waals surface area contributed by atoms with Crippen LogP contribution in [-0.4, -0.2) is 44.2 Å². The average Bonchev–Trinajstić information content (AvgIpc) is 2.25. The van der Waals surface area contributed by atoms with E-state index in [9.17, 15) is 17.8 Å². The van der Waals surface area contributed by atoms with E-state index in [4.69, 9.17) is 4.74 Å². The predicted octanol–water partition coefficient (Wildman–Crippen LogP) is -0.0493. The Bertz CT molecular complexity index is 402. The molecule has 0 aromatic heterocycles. The van der Waals surface area contributed by atoms with Gasteiger partial charge >= 0.3 is 5.97 Å². The van der Waals surface area contributed by atoms with Gasteiger partial charge in [-0.1, -0.05) is 6.58 Å². The summed E-state index contributed by atoms with van der Waals surface area (Å²) in [5.74, 6) is -0.308. The summed E-state index contributed by atoms with van der Waals surface area (Å²) in [5, 5.41) is 2.14. The van der Waals surface area contributed by atoms with Crippen molar-refractivity contribution in [2.45, 2.75) is 40.2 Å². The van der Waals surface area contributed by atoms with Gasteiger partial charge in [-0.25, -0.2) is 13.2 Å². The number of hydrogen-bond acceptors (Lipinski definition) is 6. The second-order valence-electron chi connectivity index (χ2n) is 4.77. The van der Waals surface area contributed by atoms with Crippen LogP contribution in [-0.2, 0) is 24.1 Å². The van der Waals surface area contributed by atoms with Gasteiger partial charge in [-0.3, -0.25) is 4.18 Å². The standard InChI is InChI=1S/C10H19NO2.C2H6O4S/c1-6-11-10(4,5)7-13-9(12)8(2)3;1-2-6-7(3,4)5/h11H,2,6-7H2,1,3-5H3;2H2,1H3,(H,3,4,5). The Hall–Kier alpha value is -0.960. The number of rotatable bonds is 7. The van der Waals surface area contributed by atoms with Gasteiger partial charge in [-0.2, -0.15) is 0 Å². The number of esters is 1. The molecule has 0 spiro atoms. The maximum Gasteiger partial charge on any atom is 0.333 e. The molecule has 0 bridgehead atoms. The summed E-state index contributed by atoms with van der Waals surface area (Å²) in [6.07, 6.45) is 0. The molecule has 0 rings (SSSR count). The van der Waals surface area contributed by atoms with Crippen molar-refractivity contribution < 1.29 is 32.0 Å². The van der Waals surface area contributed by atoms with Gasteiger partial charge < -0.3 is 14.6 Å². The summed E-state index contributed by atoms with van der Waals surface area (Å²) in [5.41, 5.74) is 0.409. The Morgan fingerprint density at radius 2 is 1.85 bits per heavy atom. The molecule has 0 aliphatic rings. The van der Waals surface area contributed by atoms with Gasteiger partial charge in [0.15, 0.2) is 0 Å². The van der Waals surface area contributed by atoms with E-state index >= 15 is 0 Å². The molecule has 0 amide bonds. The van der Waals surface area contributed by atoms with Crippen molar-refractivity contribution in [1.29, 1.82) is 0 Å². The maximum absolute atomic E-state index is 11.1. The smallest absolute Gasteiger partial charge is 0.333 e. The van der Waals surface area contributed by atoms with Crippen molar-refractivity contribution in [3.8, 4) is 0 Å². The van der Waals surface area contributed by atoms with Crippen LogP contribution in [0.15, 0.2) is 12.2 Å². The minimum absolute atomic E-state index is 0.0418. The number of quaternary nitrogens is 1. The van der Waals surface area contributed by atoms with E-state index in [0.29, 0.717) is 12.2 Å². The molecule has 0 unspecified atom stereocenters. The first-order valence-electron chi connectivity index (χ1n) is 6.22. The second kappa shape index (κ2) is 9.87. The molecule has 0 fully saturated rings. The van der Waals surface area contributed by atoms with Gasteiger partial charge in [0, 0.05) is 5.57 Å². The van der Waals surface area contributed by atoms with Gasteiger partial charge in [-0.05, 0) is 34.6 Å². The van der Waals surface area contributed by atoms with Crippen molar-refractivity contribution >= 4 is 16.4 Å². The molecule has 20 heavy (non-hydrogen) atoms. The van der Waals surface area contributed by atoms with E-state index in [-0.39, 0.29) is 18.1 Å². The van der Waals surface area contributed by atoms with Gasteiger partial charge in [0.25, 0.3) is 0 Å². The Labute approximate surface area is 121 Å². The third kappa shape index (κ3) is 15.1. The zero-order chi connectivity index (χ0) is 16.4. The number of likely N-dealkylation sites (N-methyl/N-ethyl adjacent to an activating group) is 1. The van der Waals surface area contributed by atoms with Crippen LogP contribution in [0.4, 0.5) is 0 Å². The van der Waals surface area contributed by atoms with Crippen LogP contribution in [0.1, 0.15) is 34.6 Å². The van der Waals surface area contributed by atoms with Crippen molar-refractivity contribution in [2.75, 3.05) is 19.8 Å². The van der Waals surface area contributed by atoms with Crippen LogP contribution in [0.2, 0.25) is 0 Å². The van der Waals surface area contributed by atoms with Crippen LogP contribution >= 0.6 is 0 Å². The predicted molar refractivity (Wildman–Crippen MR) is 73.6 cm³/mol. The monoisotopic (exact) mass is 311 g/mol. The van der Waals surface area contributed by atoms with E-state index in [2.05, 4.69) is 23.0 Å². The number of ether oxygens (including phenoxy) is 1. The van der Waals surface area contributed by atoms with Crippen LogP contribution in [0.5, 0.6) is 0 Å². The number of hydrogen-bond donors (Lipinski definition) is 1. The van der Waals surface area contributed by atoms with E-state index in [0.717, 1.165) is 6.54 Å². The summed E-state index contributed by atoms with van der Waals surface area (Å²) in [6.45, 7) is 14.1. The molecule has 0 aromatic carbocycles. The highest BCUT2D eigenvalue weighted by molar-refractivity contribution is 7.80. The fraction of sp³-hybridized carbons (Fsp3) is 0.750. The lowest BCUT2D eigenvalue weighted by molar-refractivity contribution is -0.719. The van der Waals surface area contributed by atoms with Gasteiger partial charge in [0.2, 0.25) is 10.4 Å². The van der Waals surface area contributed by atoms with Gasteiger partial charge in [-0.15, -0.1) is 0 Å². The molecule has 0 saturated heterocycles. The second-order valence-corrected chi connectivity index (χ2v) is 5.82. The molecule has 7 nitrogen and oxygen atoms in total. The Balaban J connectivity index is 0. The Kier molecular flexibility index (Phi) is 10.5. The number of carbonyl (C=O) groups is 1. The number of carbonyl (C=O) groups excluding carboxylic acids is 1. The Morgan fingerprint density at radius 3 is 2.10 bits per heavy atom. The fourth-order valence-corrected chi connectivity index (χ4v) is 1.42. The highest BCUT2D eigenvalue weighted by atomic mass is 32.3. The molecule has 120 valence electrons. The molecule has 0 aliphatic heterocycles. The normalized spacial score (nSPS) is 11.3. The highest BCUT2D eigenvalue weighted by Gasteiger charge is 2.22. The molecule has 0 aliphatic carbocycles. The summed E-state index contributed by atoms with van der Waals surface area (Å²) in [7, 11) is -4.42. The van der Waals surface area contributed by atoms with E-state index in [1.54, 1.807) is 6.92 Å². The topological polar surface area (TPSA) is 109 Å². The SMILES string of the molecule is C=C(C)C(=O)OCC(C)(C)[NH2+]CC.CCOS(=O)(=O)[O-]. The maximum atomic E-state index is 11.1. The van der Waals surface area contributed by atoms with E-state index < -0.39 is 10.4 Å². The average molecular weight is 311 g/mol. The van der Waals surface area contributed by atoms with Crippen LogP contribution in [0.25, 0.3) is 0 Å². The van der Waals surface area contributed by atoms with Crippen molar-refractivity contribution in [3.05, 3.63) is 12.2 Å². The van der Waals surface area contributed by atoms with Crippen LogP contribution < -0.4 is 5.32 Å². The minimum atomic E-state index is -4.42. The molecule has 0 atom stereocenters. The zero-order valence-electron chi connectivity index (χ0n) is 12.8. The van der Waals surface area contributed by atoms with Gasteiger partial charge in [0.05, 0.1) is 13.2 Å². The molecule has 2 N–H and O–H groups in total. The lowest BCUT2D eigenvalue weighted by atomic mass is 10.1. The van der Waals surface area contributed by atoms with E-state index in [1.807, 2.05) is 13.8 Å². The molecular formula is C12H25NO6S. The third-order valence-corrected chi connectivity index (χ3v) is 2.47. The zero-order valence-corrected chi connectivity index (χ0v) is 13.6. The Morgan fingerprint density at radius 1 is 1.35 bits per heavy atom. The highest BCUT2D eigenvalue weighted by Crippen LogP contribution is 1.99. The fourth-order valence-electron chi connectivity index (χ4n) is 1.13. The largest absolute Gasteiger partial charge is 0.726 e. The molecule has 0 heterocycles. The number of nitrogens with two attached hydrogens (primary N) is 1. The van der Waals surface area contributed by atoms with Crippen LogP contribution in [0, 0.1) is 0 Å². The molecule has 8 heteroatoms. The molecule has 0 saturated carbocycles. The van der Waals surface area contributed by atoms with Crippen molar-refractivity contribution in [2.24, 2.45) is 0 Å². The first kappa shape index (κ1) is 21.3. The van der Waals surface area contributed by atoms with Crippen LogP contribution in [0.3, 0.4) is 0 Å². The summed E-state index contributed by atoms with van der Waals surface area (Å²) in [4.78, 5) is 11.1. The first-order chi connectivity index (χ1) is 8.95. The van der Waals surface area contributed by atoms with Crippen molar-refractivity contribution in [1.82, 2.24) is 0 Å². The summed E-state index contributed by atoms with van der Waals surface area (Å²) in [6, 6.07) is 0. The third-order valence-electron chi connectivity index (χ3n) is 1.94. The first-order valence-corrected chi connectivity index (χ1v) is 7.55. The van der Waals surface area contributed by atoms with Gasteiger partial charge in [0.1, 0.15) is 12.1 Å². The van der Waals surface area contributed by atoms with E-state index in [1.165, 1.54) is 6.92 Å². The lowest BCUT2D eigenvalue weighted by Gasteiger charge is -2.21. The lowest BCUT2D eigenvalue weighted by Crippen LogP contribution is -2.96. The summed E-state index contributed by atoms with van der Waals surface area (Å²) < 4.78 is 37.1. The molecule has 0 radical (unpaired) electrons. The molecule has 0 aromatic rings. The van der Waals surface area contributed by atoms with Crippen molar-refractivity contribution in [3.63, 3.8) is 0 Å².